The molecule has 21 N–H and O–H groups in total. The fraction of sp³-hybridized carbons (Fsp3) is 0.231. The average Bonchev–Trinajstić information content (AvgIpc) is 0.841. The summed E-state index contributed by atoms with van der Waals surface area (Å²) in [5.74, 6) is -2.13. The first kappa shape index (κ1) is 82.1. The molecule has 8 aromatic carbocycles. The molecule has 13 rings (SSSR count). The molecule has 0 radical (unpaired) electrons. The van der Waals surface area contributed by atoms with Gasteiger partial charge < -0.3 is 72.4 Å². The van der Waals surface area contributed by atoms with Gasteiger partial charge in [0.1, 0.15) is 0 Å². The monoisotopic (exact) mass is 1410 g/mol. The summed E-state index contributed by atoms with van der Waals surface area (Å²) in [7, 11) is 9.45. The van der Waals surface area contributed by atoms with Gasteiger partial charge >= 0.3 is 5.97 Å². The predicted molar refractivity (Wildman–Crippen MR) is 417 cm³/mol. The second kappa shape index (κ2) is 41.3. The van der Waals surface area contributed by atoms with Crippen molar-refractivity contribution < 1.29 is 43.2 Å². The van der Waals surface area contributed by atoms with E-state index in [0.29, 0.717) is 55.7 Å². The lowest BCUT2D eigenvalue weighted by Gasteiger charge is -2.12. The van der Waals surface area contributed by atoms with Gasteiger partial charge in [-0.3, -0.25) is 33.6 Å². The molecular formula is C78H93N17O9. The lowest BCUT2D eigenvalue weighted by atomic mass is 10.0. The highest BCUT2D eigenvalue weighted by Crippen LogP contribution is 2.33. The Balaban J connectivity index is 0.000000236. The maximum absolute atomic E-state index is 12.0. The number of rotatable bonds is 13. The Hall–Kier alpha value is -12.5. The number of nitrogens with zero attached hydrogens (tertiary/aromatic N) is 5. The van der Waals surface area contributed by atoms with Crippen LogP contribution in [-0.2, 0) is 68.9 Å². The smallest absolute Gasteiger partial charge is 0.333 e. The second-order valence-corrected chi connectivity index (χ2v) is 22.9. The second-order valence-electron chi connectivity index (χ2n) is 22.9. The van der Waals surface area contributed by atoms with Crippen LogP contribution < -0.4 is 67.6 Å². The van der Waals surface area contributed by atoms with Crippen molar-refractivity contribution in [2.24, 2.45) is 28.7 Å². The van der Waals surface area contributed by atoms with Crippen LogP contribution in [0.2, 0.25) is 0 Å². The number of carbonyl (C=O) groups excluding carboxylic acids is 8. The summed E-state index contributed by atoms with van der Waals surface area (Å²) >= 11 is 0. The van der Waals surface area contributed by atoms with Crippen molar-refractivity contribution in [2.45, 2.75) is 78.1 Å². The van der Waals surface area contributed by atoms with Crippen molar-refractivity contribution in [3.8, 4) is 0 Å². The van der Waals surface area contributed by atoms with Crippen LogP contribution >= 0.6 is 0 Å². The topological polar surface area (TPSA) is 471 Å². The normalized spacial score (nSPS) is 11.0. The van der Waals surface area contributed by atoms with E-state index in [9.17, 15) is 38.4 Å². The summed E-state index contributed by atoms with van der Waals surface area (Å²) in [4.78, 5) is 111. The molecule has 0 spiro atoms. The molecule has 544 valence electrons. The van der Waals surface area contributed by atoms with Gasteiger partial charge in [0.2, 0.25) is 29.5 Å². The van der Waals surface area contributed by atoms with Gasteiger partial charge in [-0.15, -0.1) is 5.06 Å². The highest BCUT2D eigenvalue weighted by molar-refractivity contribution is 6.10. The quantitative estimate of drug-likeness (QED) is 0.0382. The Morgan fingerprint density at radius 2 is 0.567 bits per heavy atom. The zero-order chi connectivity index (χ0) is 76.6. The number of carbonyl (C=O) groups is 8. The van der Waals surface area contributed by atoms with Gasteiger partial charge in [0.15, 0.2) is 0 Å². The number of hydrogen-bond acceptors (Lipinski definition) is 20. The molecule has 0 unspecified atom stereocenters. The van der Waals surface area contributed by atoms with Crippen molar-refractivity contribution in [1.82, 2.24) is 40.9 Å². The lowest BCUT2D eigenvalue weighted by molar-refractivity contribution is -0.197. The standard InChI is InChI=1S/C20H17N3O4.3C17H17N3O.2C2H5NO.3CH5N/c21-20-13-3-1-2-4-15(13)22-16-7-5-12(11-14(16)20)6-10-19(26)27-23-17(24)8-9-18(23)25;3*1-19-16(21)9-7-11-6-8-15-13(10-11)17(18)12-4-2-3-5-14(12)20-15;2*1-2(3)4;3*1-2/h1-5,7,11H,6,8-10H2,(H2,21,22);3*2-6,8,10H,7,9H2,1H3,(H2,18,20)(H,19,21);2*1H3,(H2,3,4);3*2H2,1H3. The molecule has 12 aromatic rings. The number of aryl methyl sites for hydroxylation is 4. The van der Waals surface area contributed by atoms with Crippen LogP contribution in [0.25, 0.3) is 87.2 Å². The summed E-state index contributed by atoms with van der Waals surface area (Å²) in [6.45, 7) is 2.61. The molecule has 7 amide bonds. The van der Waals surface area contributed by atoms with Crippen LogP contribution in [0.15, 0.2) is 170 Å². The fourth-order valence-electron chi connectivity index (χ4n) is 10.7. The summed E-state index contributed by atoms with van der Waals surface area (Å²) in [5, 5.41) is 15.9. The molecule has 5 heterocycles. The molecule has 1 saturated heterocycles. The zero-order valence-electron chi connectivity index (χ0n) is 59.8. The minimum atomic E-state index is -0.622. The first-order chi connectivity index (χ1) is 50.0. The van der Waals surface area contributed by atoms with Gasteiger partial charge in [0.25, 0.3) is 11.8 Å². The number of amides is 7. The molecule has 4 aromatic heterocycles. The van der Waals surface area contributed by atoms with Crippen molar-refractivity contribution in [3.05, 3.63) is 192 Å². The van der Waals surface area contributed by atoms with E-state index in [0.717, 1.165) is 127 Å². The van der Waals surface area contributed by atoms with Crippen LogP contribution in [0.3, 0.4) is 0 Å². The van der Waals surface area contributed by atoms with E-state index in [-0.39, 0.29) is 48.8 Å². The number of pyridine rings is 4. The summed E-state index contributed by atoms with van der Waals surface area (Å²) < 4.78 is 0. The van der Waals surface area contributed by atoms with Crippen LogP contribution in [-0.4, -0.2) is 115 Å². The van der Waals surface area contributed by atoms with E-state index in [1.807, 2.05) is 170 Å². The molecule has 1 fully saturated rings. The van der Waals surface area contributed by atoms with Crippen molar-refractivity contribution in [1.29, 1.82) is 0 Å². The third kappa shape index (κ3) is 23.0. The summed E-state index contributed by atoms with van der Waals surface area (Å²) in [6, 6.07) is 54.9. The van der Waals surface area contributed by atoms with Crippen LogP contribution in [0, 0.1) is 0 Å². The van der Waals surface area contributed by atoms with Crippen LogP contribution in [0.4, 0.5) is 22.7 Å². The van der Waals surface area contributed by atoms with Crippen molar-refractivity contribution in [2.75, 3.05) is 65.2 Å². The number of hydroxylamine groups is 2. The largest absolute Gasteiger partial charge is 0.398 e. The lowest BCUT2D eigenvalue weighted by Crippen LogP contribution is -2.32. The number of fused-ring (bicyclic) bond motifs is 8. The molecule has 0 aliphatic carbocycles. The minimum absolute atomic E-state index is 0.0414. The zero-order valence-corrected chi connectivity index (χ0v) is 59.8. The number of nitrogens with two attached hydrogens (primary N) is 9. The maximum atomic E-state index is 12.0. The van der Waals surface area contributed by atoms with Crippen molar-refractivity contribution >= 4 is 157 Å². The molecule has 26 heteroatoms. The number of nitrogen functional groups attached to an aromatic ring is 4. The number of imide groups is 1. The van der Waals surface area contributed by atoms with Gasteiger partial charge in [0.05, 0.1) is 73.3 Å². The SMILES string of the molecule is CC(N)=O.CC(N)=O.CN.CN.CN.CNC(=O)CCc1ccc2nc3ccccc3c(N)c2c1.CNC(=O)CCc1ccc2nc3ccccc3c(N)c2c1.CNC(=O)CCc1ccc2nc3ccccc3c(N)c2c1.Nc1c2ccccc2nc2ccc(CCC(=O)ON3C(=O)CCC3=O)cc12. The number of nitrogens with one attached hydrogen (secondary N) is 3. The van der Waals surface area contributed by atoms with Crippen LogP contribution in [0.5, 0.6) is 0 Å². The van der Waals surface area contributed by atoms with Gasteiger partial charge in [-0.1, -0.05) is 97.1 Å². The first-order valence-corrected chi connectivity index (χ1v) is 33.3. The van der Waals surface area contributed by atoms with E-state index in [1.54, 1.807) is 21.1 Å². The van der Waals surface area contributed by atoms with E-state index < -0.39 is 17.8 Å². The van der Waals surface area contributed by atoms with Gasteiger partial charge in [0, 0.05) is 110 Å². The van der Waals surface area contributed by atoms with E-state index in [1.165, 1.54) is 35.0 Å². The molecule has 0 atom stereocenters. The number of primary amides is 2. The Morgan fingerprint density at radius 3 is 0.798 bits per heavy atom. The molecule has 0 saturated carbocycles. The maximum Gasteiger partial charge on any atom is 0.333 e. The predicted octanol–water partition coefficient (Wildman–Crippen LogP) is 8.16. The molecular weight excluding hydrogens is 1320 g/mol. The number of anilines is 4. The van der Waals surface area contributed by atoms with E-state index >= 15 is 0 Å². The number of para-hydroxylation sites is 4. The van der Waals surface area contributed by atoms with E-state index in [4.69, 9.17) is 27.8 Å². The number of hydrogen-bond donors (Lipinski definition) is 12. The Kier molecular flexibility index (Phi) is 32.6. The minimum Gasteiger partial charge on any atom is -0.398 e. The Labute approximate surface area is 602 Å². The Bertz CT molecular complexity index is 4640. The molecule has 26 nitrogen and oxygen atoms in total. The third-order valence-electron chi connectivity index (χ3n) is 15.7. The Morgan fingerprint density at radius 1 is 0.356 bits per heavy atom. The van der Waals surface area contributed by atoms with Gasteiger partial charge in [-0.05, 0) is 142 Å². The van der Waals surface area contributed by atoms with Crippen molar-refractivity contribution in [3.63, 3.8) is 0 Å². The average molecular weight is 1410 g/mol. The molecule has 0 bridgehead atoms. The number of aromatic nitrogens is 4. The molecule has 104 heavy (non-hydrogen) atoms. The summed E-state index contributed by atoms with van der Waals surface area (Å²) in [5.41, 5.74) is 61.6. The number of benzene rings is 8. The van der Waals surface area contributed by atoms with Crippen LogP contribution in [0.1, 0.15) is 74.6 Å². The highest BCUT2D eigenvalue weighted by atomic mass is 16.7. The molecule has 1 aliphatic heterocycles. The summed E-state index contributed by atoms with van der Waals surface area (Å²) in [6.07, 6.45) is 4.12. The highest BCUT2D eigenvalue weighted by Gasteiger charge is 2.32. The van der Waals surface area contributed by atoms with Gasteiger partial charge in [-0.25, -0.2) is 24.7 Å². The van der Waals surface area contributed by atoms with E-state index in [2.05, 4.69) is 64.6 Å². The van der Waals surface area contributed by atoms with Gasteiger partial charge in [-0.2, -0.15) is 0 Å². The molecule has 1 aliphatic rings. The first-order valence-electron chi connectivity index (χ1n) is 33.3. The third-order valence-corrected chi connectivity index (χ3v) is 15.7. The fourth-order valence-corrected chi connectivity index (χ4v) is 10.7.